The van der Waals surface area contributed by atoms with Crippen molar-refractivity contribution in [2.45, 2.75) is 13.0 Å². The average Bonchev–Trinajstić information content (AvgIpc) is 2.97. The summed E-state index contributed by atoms with van der Waals surface area (Å²) in [7, 11) is 1.58. The van der Waals surface area contributed by atoms with Crippen LogP contribution in [0.2, 0.25) is 0 Å². The van der Waals surface area contributed by atoms with Crippen molar-refractivity contribution < 1.29 is 14.7 Å². The molecule has 0 aliphatic rings. The highest BCUT2D eigenvalue weighted by atomic mass is 16.4. The molecule has 0 saturated carbocycles. The monoisotopic (exact) mass is 273 g/mol. The number of benzene rings is 1. The molecule has 20 heavy (non-hydrogen) atoms. The standard InChI is InChI=1S/C14H15N3O3/c1-16(12-6-3-2-5-11(12)14(19)20)13(18)7-10-17-9-4-8-15-17/h2-6,8-9H,7,10H2,1H3,(H,19,20). The molecule has 2 rings (SSSR count). The Morgan fingerprint density at radius 1 is 1.30 bits per heavy atom. The summed E-state index contributed by atoms with van der Waals surface area (Å²) in [5.41, 5.74) is 0.507. The van der Waals surface area contributed by atoms with Gasteiger partial charge in [-0.1, -0.05) is 12.1 Å². The number of aromatic nitrogens is 2. The lowest BCUT2D eigenvalue weighted by atomic mass is 10.1. The molecular formula is C14H15N3O3. The Labute approximate surface area is 116 Å². The number of carboxylic acid groups (broad SMARTS) is 1. The summed E-state index contributed by atoms with van der Waals surface area (Å²) in [5, 5.41) is 13.1. The number of anilines is 1. The highest BCUT2D eigenvalue weighted by Gasteiger charge is 2.17. The highest BCUT2D eigenvalue weighted by molar-refractivity contribution is 6.01. The molecule has 1 amide bonds. The average molecular weight is 273 g/mol. The van der Waals surface area contributed by atoms with Crippen molar-refractivity contribution in [3.05, 3.63) is 48.3 Å². The topological polar surface area (TPSA) is 75.4 Å². The van der Waals surface area contributed by atoms with Gasteiger partial charge in [0.05, 0.1) is 11.3 Å². The number of rotatable bonds is 5. The Morgan fingerprint density at radius 2 is 2.05 bits per heavy atom. The minimum Gasteiger partial charge on any atom is -0.478 e. The molecule has 1 N–H and O–H groups in total. The molecule has 0 bridgehead atoms. The minimum atomic E-state index is -1.05. The maximum atomic E-state index is 12.1. The largest absolute Gasteiger partial charge is 0.478 e. The molecule has 1 aromatic carbocycles. The first-order valence-corrected chi connectivity index (χ1v) is 6.16. The van der Waals surface area contributed by atoms with E-state index < -0.39 is 5.97 Å². The van der Waals surface area contributed by atoms with Gasteiger partial charge in [-0.2, -0.15) is 5.10 Å². The van der Waals surface area contributed by atoms with E-state index in [2.05, 4.69) is 5.10 Å². The van der Waals surface area contributed by atoms with Crippen LogP contribution in [0.25, 0.3) is 0 Å². The third kappa shape index (κ3) is 3.03. The lowest BCUT2D eigenvalue weighted by Gasteiger charge is -2.19. The van der Waals surface area contributed by atoms with E-state index in [4.69, 9.17) is 5.11 Å². The predicted octanol–water partition coefficient (Wildman–Crippen LogP) is 1.63. The lowest BCUT2D eigenvalue weighted by Crippen LogP contribution is -2.28. The van der Waals surface area contributed by atoms with Crippen molar-refractivity contribution in [1.29, 1.82) is 0 Å². The number of carboxylic acids is 1. The van der Waals surface area contributed by atoms with E-state index in [1.165, 1.54) is 11.0 Å². The summed E-state index contributed by atoms with van der Waals surface area (Å²) in [6.07, 6.45) is 3.68. The first-order valence-electron chi connectivity index (χ1n) is 6.16. The molecule has 0 fully saturated rings. The van der Waals surface area contributed by atoms with Crippen LogP contribution >= 0.6 is 0 Å². The van der Waals surface area contributed by atoms with Gasteiger partial charge in [0.1, 0.15) is 0 Å². The van der Waals surface area contributed by atoms with Crippen LogP contribution in [0.15, 0.2) is 42.7 Å². The Kier molecular flexibility index (Phi) is 4.14. The number of nitrogens with zero attached hydrogens (tertiary/aromatic N) is 3. The van der Waals surface area contributed by atoms with Crippen LogP contribution in [0.5, 0.6) is 0 Å². The molecular weight excluding hydrogens is 258 g/mol. The fraction of sp³-hybridized carbons (Fsp3) is 0.214. The van der Waals surface area contributed by atoms with Crippen molar-refractivity contribution in [2.75, 3.05) is 11.9 Å². The molecule has 0 atom stereocenters. The fourth-order valence-corrected chi connectivity index (χ4v) is 1.89. The van der Waals surface area contributed by atoms with Gasteiger partial charge in [-0.25, -0.2) is 4.79 Å². The summed E-state index contributed by atoms with van der Waals surface area (Å²) >= 11 is 0. The third-order valence-electron chi connectivity index (χ3n) is 2.98. The predicted molar refractivity (Wildman–Crippen MR) is 73.7 cm³/mol. The maximum Gasteiger partial charge on any atom is 0.337 e. The summed E-state index contributed by atoms with van der Waals surface area (Å²) in [5.74, 6) is -1.21. The Morgan fingerprint density at radius 3 is 2.70 bits per heavy atom. The molecule has 1 aromatic heterocycles. The van der Waals surface area contributed by atoms with Gasteiger partial charge in [0.2, 0.25) is 5.91 Å². The number of amides is 1. The van der Waals surface area contributed by atoms with Gasteiger partial charge in [0.15, 0.2) is 0 Å². The molecule has 6 nitrogen and oxygen atoms in total. The van der Waals surface area contributed by atoms with Crippen molar-refractivity contribution in [2.24, 2.45) is 0 Å². The molecule has 0 radical (unpaired) electrons. The van der Waals surface area contributed by atoms with Crippen LogP contribution in [0, 0.1) is 0 Å². The maximum absolute atomic E-state index is 12.1. The molecule has 0 spiro atoms. The highest BCUT2D eigenvalue weighted by Crippen LogP contribution is 2.19. The van der Waals surface area contributed by atoms with E-state index in [1.807, 2.05) is 0 Å². The fourth-order valence-electron chi connectivity index (χ4n) is 1.89. The summed E-state index contributed by atoms with van der Waals surface area (Å²) in [6, 6.07) is 8.23. The Balaban J connectivity index is 2.08. The van der Waals surface area contributed by atoms with Crippen molar-refractivity contribution in [3.63, 3.8) is 0 Å². The van der Waals surface area contributed by atoms with Crippen molar-refractivity contribution in [3.8, 4) is 0 Å². The summed E-state index contributed by atoms with van der Waals surface area (Å²) < 4.78 is 1.66. The third-order valence-corrected chi connectivity index (χ3v) is 2.98. The Hall–Kier alpha value is -2.63. The van der Waals surface area contributed by atoms with E-state index in [9.17, 15) is 9.59 Å². The van der Waals surface area contributed by atoms with Crippen LogP contribution < -0.4 is 4.90 Å². The smallest absolute Gasteiger partial charge is 0.337 e. The lowest BCUT2D eigenvalue weighted by molar-refractivity contribution is -0.118. The number of carbonyl (C=O) groups is 2. The number of carbonyl (C=O) groups excluding carboxylic acids is 1. The quantitative estimate of drug-likeness (QED) is 0.898. The molecule has 2 aromatic rings. The first kappa shape index (κ1) is 13.8. The first-order chi connectivity index (χ1) is 9.59. The summed E-state index contributed by atoms with van der Waals surface area (Å²) in [6.45, 7) is 0.464. The number of aryl methyl sites for hydroxylation is 1. The zero-order chi connectivity index (χ0) is 14.5. The van der Waals surface area contributed by atoms with Crippen LogP contribution in [-0.2, 0) is 11.3 Å². The van der Waals surface area contributed by atoms with Gasteiger partial charge in [0, 0.05) is 32.4 Å². The van der Waals surface area contributed by atoms with Crippen LogP contribution in [0.1, 0.15) is 16.8 Å². The molecule has 0 aliphatic heterocycles. The van der Waals surface area contributed by atoms with Gasteiger partial charge in [-0.3, -0.25) is 9.48 Å². The van der Waals surface area contributed by atoms with Gasteiger partial charge < -0.3 is 10.0 Å². The van der Waals surface area contributed by atoms with Crippen LogP contribution in [0.3, 0.4) is 0 Å². The van der Waals surface area contributed by atoms with Gasteiger partial charge in [-0.05, 0) is 18.2 Å². The van der Waals surface area contributed by atoms with E-state index in [0.717, 1.165) is 0 Å². The van der Waals surface area contributed by atoms with Gasteiger partial charge in [-0.15, -0.1) is 0 Å². The Bertz CT molecular complexity index is 608. The van der Waals surface area contributed by atoms with E-state index in [-0.39, 0.29) is 17.9 Å². The van der Waals surface area contributed by atoms with Gasteiger partial charge in [0.25, 0.3) is 0 Å². The number of para-hydroxylation sites is 1. The minimum absolute atomic E-state index is 0.113. The second-order valence-electron chi connectivity index (χ2n) is 4.29. The van der Waals surface area contributed by atoms with Gasteiger partial charge >= 0.3 is 5.97 Å². The molecule has 0 saturated heterocycles. The van der Waals surface area contributed by atoms with E-state index in [1.54, 1.807) is 48.4 Å². The summed E-state index contributed by atoms with van der Waals surface area (Å²) in [4.78, 5) is 24.6. The molecule has 104 valence electrons. The normalized spacial score (nSPS) is 10.2. The van der Waals surface area contributed by atoms with Crippen LogP contribution in [-0.4, -0.2) is 33.8 Å². The number of hydrogen-bond donors (Lipinski definition) is 1. The molecule has 1 heterocycles. The molecule has 0 aliphatic carbocycles. The second kappa shape index (κ2) is 6.01. The zero-order valence-electron chi connectivity index (χ0n) is 11.1. The van der Waals surface area contributed by atoms with E-state index in [0.29, 0.717) is 12.2 Å². The molecule has 6 heteroatoms. The number of aromatic carboxylic acids is 1. The van der Waals surface area contributed by atoms with Crippen LogP contribution in [0.4, 0.5) is 5.69 Å². The molecule has 0 unspecified atom stereocenters. The number of hydrogen-bond acceptors (Lipinski definition) is 3. The SMILES string of the molecule is CN(C(=O)CCn1cccn1)c1ccccc1C(=O)O. The van der Waals surface area contributed by atoms with Crippen molar-refractivity contribution >= 4 is 17.6 Å². The zero-order valence-corrected chi connectivity index (χ0v) is 11.1. The van der Waals surface area contributed by atoms with E-state index >= 15 is 0 Å². The second-order valence-corrected chi connectivity index (χ2v) is 4.29. The van der Waals surface area contributed by atoms with Crippen molar-refractivity contribution in [1.82, 2.24) is 9.78 Å².